The third-order valence-electron chi connectivity index (χ3n) is 3.98. The molecule has 1 aliphatic carbocycles. The van der Waals surface area contributed by atoms with E-state index in [1.54, 1.807) is 5.38 Å². The number of primary amides is 1. The number of nitriles is 1. The average Bonchev–Trinajstić information content (AvgIpc) is 3.03. The molecule has 1 atom stereocenters. The molecule has 0 bridgehead atoms. The summed E-state index contributed by atoms with van der Waals surface area (Å²) in [5.74, 6) is -1.09. The molecule has 0 fully saturated rings. The van der Waals surface area contributed by atoms with E-state index in [0.717, 1.165) is 6.42 Å². The standard InChI is InChI=1S/C16H14N4O3S/c17-6-8-4-13(24-7-8)16(23)20-12-3-1-2-11-9(12)5-10(14(18)21)15(22)19-11/h4-5,7,12H,1-3H2,(H2,18,21)(H,19,22)(H,20,23)/t12-/m0/s1. The molecule has 0 aliphatic heterocycles. The first-order chi connectivity index (χ1) is 11.5. The van der Waals surface area contributed by atoms with E-state index in [-0.39, 0.29) is 17.5 Å². The SMILES string of the molecule is N#Cc1csc(C(=O)N[C@H]2CCCc3[nH]c(=O)c(C(N)=O)cc32)c1. The normalized spacial score (nSPS) is 16.0. The van der Waals surface area contributed by atoms with Gasteiger partial charge in [-0.1, -0.05) is 0 Å². The van der Waals surface area contributed by atoms with Gasteiger partial charge in [-0.2, -0.15) is 5.26 Å². The van der Waals surface area contributed by atoms with Gasteiger partial charge in [-0.05, 0) is 37.0 Å². The molecule has 1 aliphatic rings. The first-order valence-electron chi connectivity index (χ1n) is 7.35. The Morgan fingerprint density at radius 2 is 2.21 bits per heavy atom. The number of carbonyl (C=O) groups is 2. The highest BCUT2D eigenvalue weighted by atomic mass is 32.1. The summed E-state index contributed by atoms with van der Waals surface area (Å²) in [6.07, 6.45) is 2.17. The lowest BCUT2D eigenvalue weighted by Gasteiger charge is -2.26. The van der Waals surface area contributed by atoms with Crippen molar-refractivity contribution in [1.82, 2.24) is 10.3 Å². The predicted octanol–water partition coefficient (Wildman–Crippen LogP) is 1.21. The molecule has 8 heteroatoms. The van der Waals surface area contributed by atoms with E-state index in [2.05, 4.69) is 10.3 Å². The van der Waals surface area contributed by atoms with Gasteiger partial charge in [-0.25, -0.2) is 0 Å². The summed E-state index contributed by atoms with van der Waals surface area (Å²) in [6.45, 7) is 0. The molecule has 4 N–H and O–H groups in total. The van der Waals surface area contributed by atoms with Crippen molar-refractivity contribution in [2.24, 2.45) is 5.73 Å². The molecule has 2 heterocycles. The van der Waals surface area contributed by atoms with Crippen LogP contribution in [0.4, 0.5) is 0 Å². The van der Waals surface area contributed by atoms with E-state index in [0.29, 0.717) is 34.5 Å². The number of rotatable bonds is 3. The van der Waals surface area contributed by atoms with E-state index >= 15 is 0 Å². The third-order valence-corrected chi connectivity index (χ3v) is 4.90. The van der Waals surface area contributed by atoms with Crippen LogP contribution in [-0.2, 0) is 6.42 Å². The Kier molecular flexibility index (Phi) is 4.18. The van der Waals surface area contributed by atoms with Crippen LogP contribution in [-0.4, -0.2) is 16.8 Å². The summed E-state index contributed by atoms with van der Waals surface area (Å²) in [7, 11) is 0. The highest BCUT2D eigenvalue weighted by molar-refractivity contribution is 7.12. The minimum Gasteiger partial charge on any atom is -0.365 e. The topological polar surface area (TPSA) is 129 Å². The number of nitrogens with zero attached hydrogens (tertiary/aromatic N) is 1. The first-order valence-corrected chi connectivity index (χ1v) is 8.23. The Labute approximate surface area is 141 Å². The van der Waals surface area contributed by atoms with Gasteiger partial charge >= 0.3 is 0 Å². The van der Waals surface area contributed by atoms with Crippen LogP contribution in [0, 0.1) is 11.3 Å². The van der Waals surface area contributed by atoms with Crippen LogP contribution in [0.1, 0.15) is 55.7 Å². The average molecular weight is 342 g/mol. The van der Waals surface area contributed by atoms with E-state index < -0.39 is 11.5 Å². The summed E-state index contributed by atoms with van der Waals surface area (Å²) in [5, 5.41) is 13.4. The number of nitrogens with two attached hydrogens (primary N) is 1. The monoisotopic (exact) mass is 342 g/mol. The van der Waals surface area contributed by atoms with Crippen molar-refractivity contribution in [2.75, 3.05) is 0 Å². The number of amides is 2. The second kappa shape index (κ2) is 6.29. The zero-order chi connectivity index (χ0) is 17.3. The van der Waals surface area contributed by atoms with Crippen molar-refractivity contribution < 1.29 is 9.59 Å². The molecule has 0 saturated heterocycles. The number of aromatic amines is 1. The van der Waals surface area contributed by atoms with Crippen LogP contribution in [0.5, 0.6) is 0 Å². The van der Waals surface area contributed by atoms with E-state index in [9.17, 15) is 14.4 Å². The lowest BCUT2D eigenvalue weighted by atomic mass is 9.90. The lowest BCUT2D eigenvalue weighted by Crippen LogP contribution is -2.33. The molecule has 2 aromatic rings. The number of H-pyrrole nitrogens is 1. The Morgan fingerprint density at radius 3 is 2.88 bits per heavy atom. The van der Waals surface area contributed by atoms with E-state index in [1.807, 2.05) is 6.07 Å². The summed E-state index contributed by atoms with van der Waals surface area (Å²) >= 11 is 1.20. The van der Waals surface area contributed by atoms with Gasteiger partial charge in [0.2, 0.25) is 0 Å². The molecule has 3 rings (SSSR count). The fourth-order valence-corrected chi connectivity index (χ4v) is 3.55. The Balaban J connectivity index is 1.90. The maximum absolute atomic E-state index is 12.4. The molecule has 0 unspecified atom stereocenters. The van der Waals surface area contributed by atoms with Crippen LogP contribution in [0.25, 0.3) is 0 Å². The van der Waals surface area contributed by atoms with Gasteiger partial charge in [0.1, 0.15) is 11.6 Å². The van der Waals surface area contributed by atoms with Gasteiger partial charge in [0.05, 0.1) is 16.5 Å². The van der Waals surface area contributed by atoms with Crippen LogP contribution >= 0.6 is 11.3 Å². The quantitative estimate of drug-likeness (QED) is 0.774. The molecule has 0 saturated carbocycles. The molecule has 0 aromatic carbocycles. The summed E-state index contributed by atoms with van der Waals surface area (Å²) in [4.78, 5) is 38.7. The van der Waals surface area contributed by atoms with Crippen molar-refractivity contribution in [3.8, 4) is 6.07 Å². The third kappa shape index (κ3) is 2.94. The fraction of sp³-hybridized carbons (Fsp3) is 0.250. The molecule has 24 heavy (non-hydrogen) atoms. The van der Waals surface area contributed by atoms with Gasteiger partial charge in [0, 0.05) is 11.1 Å². The Bertz CT molecular complexity index is 922. The maximum Gasteiger partial charge on any atom is 0.261 e. The van der Waals surface area contributed by atoms with Gasteiger partial charge in [-0.15, -0.1) is 11.3 Å². The van der Waals surface area contributed by atoms with Gasteiger partial charge < -0.3 is 16.0 Å². The summed E-state index contributed by atoms with van der Waals surface area (Å²) < 4.78 is 0. The zero-order valence-electron chi connectivity index (χ0n) is 12.6. The van der Waals surface area contributed by atoms with Crippen molar-refractivity contribution >= 4 is 23.2 Å². The minimum absolute atomic E-state index is 0.113. The maximum atomic E-state index is 12.4. The highest BCUT2D eigenvalue weighted by Gasteiger charge is 2.25. The largest absolute Gasteiger partial charge is 0.365 e. The fourth-order valence-electron chi connectivity index (χ4n) is 2.82. The number of hydrogen-bond acceptors (Lipinski definition) is 5. The number of fused-ring (bicyclic) bond motifs is 1. The molecule has 2 amide bonds. The first kappa shape index (κ1) is 16.0. The van der Waals surface area contributed by atoms with Crippen molar-refractivity contribution in [3.63, 3.8) is 0 Å². The highest BCUT2D eigenvalue weighted by Crippen LogP contribution is 2.29. The Hall–Kier alpha value is -2.92. The van der Waals surface area contributed by atoms with Crippen molar-refractivity contribution in [2.45, 2.75) is 25.3 Å². The van der Waals surface area contributed by atoms with Gasteiger partial charge in [-0.3, -0.25) is 14.4 Å². The lowest BCUT2D eigenvalue weighted by molar-refractivity contribution is 0.0936. The Morgan fingerprint density at radius 1 is 1.42 bits per heavy atom. The minimum atomic E-state index is -0.799. The number of aryl methyl sites for hydroxylation is 1. The molecule has 122 valence electrons. The van der Waals surface area contributed by atoms with Crippen LogP contribution in [0.2, 0.25) is 0 Å². The van der Waals surface area contributed by atoms with Crippen LogP contribution in [0.3, 0.4) is 0 Å². The molecular formula is C16H14N4O3S. The number of carbonyl (C=O) groups excluding carboxylic acids is 2. The molecular weight excluding hydrogens is 328 g/mol. The predicted molar refractivity (Wildman–Crippen MR) is 87.8 cm³/mol. The number of nitrogens with one attached hydrogen (secondary N) is 2. The molecule has 0 spiro atoms. The number of pyridine rings is 1. The second-order valence-corrected chi connectivity index (χ2v) is 6.45. The zero-order valence-corrected chi connectivity index (χ0v) is 13.4. The number of aromatic nitrogens is 1. The van der Waals surface area contributed by atoms with Gasteiger partial charge in [0.25, 0.3) is 17.4 Å². The molecule has 2 aromatic heterocycles. The van der Waals surface area contributed by atoms with Crippen LogP contribution < -0.4 is 16.6 Å². The number of hydrogen-bond donors (Lipinski definition) is 3. The summed E-state index contributed by atoms with van der Waals surface area (Å²) in [6, 6.07) is 4.67. The van der Waals surface area contributed by atoms with E-state index in [1.165, 1.54) is 23.5 Å². The number of thiophene rings is 1. The molecule has 0 radical (unpaired) electrons. The van der Waals surface area contributed by atoms with Crippen molar-refractivity contribution in [3.05, 3.63) is 55.1 Å². The summed E-state index contributed by atoms with van der Waals surface area (Å²) in [5.41, 5.74) is 6.47. The van der Waals surface area contributed by atoms with E-state index in [4.69, 9.17) is 11.0 Å². The molecule has 7 nitrogen and oxygen atoms in total. The van der Waals surface area contributed by atoms with Crippen LogP contribution in [0.15, 0.2) is 22.3 Å². The smallest absolute Gasteiger partial charge is 0.261 e. The second-order valence-electron chi connectivity index (χ2n) is 5.54. The van der Waals surface area contributed by atoms with Crippen molar-refractivity contribution in [1.29, 1.82) is 5.26 Å². The van der Waals surface area contributed by atoms with Gasteiger partial charge in [0.15, 0.2) is 0 Å².